The van der Waals surface area contributed by atoms with E-state index in [9.17, 15) is 9.90 Å². The highest BCUT2D eigenvalue weighted by molar-refractivity contribution is 5.97. The highest BCUT2D eigenvalue weighted by atomic mass is 16.6. The highest BCUT2D eigenvalue weighted by Gasteiger charge is 2.34. The van der Waals surface area contributed by atoms with Crippen LogP contribution in [-0.4, -0.2) is 44.9 Å². The molecule has 1 N–H and O–H groups in total. The lowest BCUT2D eigenvalue weighted by atomic mass is 9.80. The number of aliphatic hydroxyl groups is 1. The molecule has 0 radical (unpaired) electrons. The van der Waals surface area contributed by atoms with Gasteiger partial charge in [-0.2, -0.15) is 0 Å². The molecule has 0 spiro atoms. The second-order valence-electron chi connectivity index (χ2n) is 6.19. The zero-order chi connectivity index (χ0) is 15.7. The lowest BCUT2D eigenvalue weighted by Gasteiger charge is -2.39. The first kappa shape index (κ1) is 15.0. The molecule has 0 bridgehead atoms. The first-order valence-electron chi connectivity index (χ1n) is 7.74. The van der Waals surface area contributed by atoms with Crippen molar-refractivity contribution >= 4 is 16.9 Å². The quantitative estimate of drug-likeness (QED) is 0.941. The molecular weight excluding hydrogens is 282 g/mol. The molecule has 3 rings (SSSR count). The molecule has 0 atom stereocenters. The Morgan fingerprint density at radius 3 is 2.73 bits per heavy atom. The number of carbonyl (C=O) groups is 1. The highest BCUT2D eigenvalue weighted by Crippen LogP contribution is 2.33. The molecule has 1 aromatic carbocycles. The van der Waals surface area contributed by atoms with E-state index in [0.29, 0.717) is 16.6 Å². The topological polar surface area (TPSA) is 79.5 Å². The molecule has 1 aliphatic carbocycles. The van der Waals surface area contributed by atoms with Crippen molar-refractivity contribution in [1.82, 2.24) is 15.2 Å². The van der Waals surface area contributed by atoms with E-state index in [0.717, 1.165) is 32.1 Å². The fraction of sp³-hybridized carbons (Fsp3) is 0.562. The van der Waals surface area contributed by atoms with Gasteiger partial charge in [0.1, 0.15) is 11.0 Å². The predicted molar refractivity (Wildman–Crippen MR) is 81.4 cm³/mol. The molecule has 0 saturated heterocycles. The van der Waals surface area contributed by atoms with E-state index in [4.69, 9.17) is 0 Å². The van der Waals surface area contributed by atoms with Gasteiger partial charge in [-0.15, -0.1) is 0 Å². The van der Waals surface area contributed by atoms with Gasteiger partial charge in [0, 0.05) is 18.7 Å². The summed E-state index contributed by atoms with van der Waals surface area (Å²) in [6.07, 6.45) is 3.93. The Bertz CT molecular complexity index is 674. The maximum Gasteiger partial charge on any atom is 0.253 e. The summed E-state index contributed by atoms with van der Waals surface area (Å²) in [5, 5.41) is 17.8. The zero-order valence-electron chi connectivity index (χ0n) is 13.0. The van der Waals surface area contributed by atoms with Crippen LogP contribution < -0.4 is 0 Å². The summed E-state index contributed by atoms with van der Waals surface area (Å²) in [6, 6.07) is 5.36. The summed E-state index contributed by atoms with van der Waals surface area (Å²) in [7, 11) is 1.83. The molecule has 2 aromatic rings. The molecular formula is C16H21N3O3. The molecule has 1 aromatic heterocycles. The van der Waals surface area contributed by atoms with Gasteiger partial charge in [0.05, 0.1) is 5.60 Å². The van der Waals surface area contributed by atoms with Gasteiger partial charge < -0.3 is 10.0 Å². The number of nitrogens with zero attached hydrogens (tertiary/aromatic N) is 3. The van der Waals surface area contributed by atoms with Crippen molar-refractivity contribution in [2.75, 3.05) is 7.05 Å². The predicted octanol–water partition coefficient (Wildman–Crippen LogP) is 2.38. The third-order valence-corrected chi connectivity index (χ3v) is 4.91. The normalized spacial score (nSPS) is 25.3. The fourth-order valence-corrected chi connectivity index (χ4v) is 3.17. The number of benzene rings is 1. The number of amides is 1. The maximum absolute atomic E-state index is 12.6. The van der Waals surface area contributed by atoms with E-state index >= 15 is 0 Å². The van der Waals surface area contributed by atoms with Crippen LogP contribution in [0.2, 0.25) is 0 Å². The minimum atomic E-state index is -0.550. The molecule has 118 valence electrons. The third-order valence-electron chi connectivity index (χ3n) is 4.91. The number of fused-ring (bicyclic) bond motifs is 1. The number of carbonyl (C=O) groups excluding carboxylic acids is 1. The number of hydrogen-bond donors (Lipinski definition) is 1. The van der Waals surface area contributed by atoms with Gasteiger partial charge in [-0.3, -0.25) is 4.79 Å². The monoisotopic (exact) mass is 303 g/mol. The minimum absolute atomic E-state index is 0.0307. The van der Waals surface area contributed by atoms with E-state index in [1.165, 1.54) is 0 Å². The van der Waals surface area contributed by atoms with Crippen molar-refractivity contribution in [2.45, 2.75) is 50.7 Å². The summed E-state index contributed by atoms with van der Waals surface area (Å²) in [4.78, 5) is 14.4. The van der Waals surface area contributed by atoms with Crippen LogP contribution in [0.5, 0.6) is 0 Å². The second-order valence-corrected chi connectivity index (χ2v) is 6.19. The maximum atomic E-state index is 12.6. The number of aromatic nitrogens is 2. The van der Waals surface area contributed by atoms with Gasteiger partial charge in [0.2, 0.25) is 0 Å². The molecule has 0 aliphatic heterocycles. The lowest BCUT2D eigenvalue weighted by molar-refractivity contribution is -0.0181. The summed E-state index contributed by atoms with van der Waals surface area (Å²) < 4.78 is 4.66. The van der Waals surface area contributed by atoms with Gasteiger partial charge >= 0.3 is 0 Å². The molecule has 6 nitrogen and oxygen atoms in total. The van der Waals surface area contributed by atoms with E-state index in [-0.39, 0.29) is 11.9 Å². The summed E-state index contributed by atoms with van der Waals surface area (Å²) in [5.41, 5.74) is 1.27. The van der Waals surface area contributed by atoms with Crippen LogP contribution in [0.3, 0.4) is 0 Å². The van der Waals surface area contributed by atoms with Gasteiger partial charge in [0.25, 0.3) is 5.91 Å². The fourth-order valence-electron chi connectivity index (χ4n) is 3.17. The van der Waals surface area contributed by atoms with Gasteiger partial charge in [0.15, 0.2) is 0 Å². The second kappa shape index (κ2) is 5.68. The Hall–Kier alpha value is -1.95. The standard InChI is InChI=1S/C16H21N3O3/c1-3-16(21)8-6-12(7-9-16)19(2)15(20)11-4-5-13-14(10-11)18-22-17-13/h4-5,10,12,21H,3,6-9H2,1-2H3/t12-,16-. The van der Waals surface area contributed by atoms with Crippen LogP contribution in [-0.2, 0) is 0 Å². The molecule has 1 fully saturated rings. The molecule has 1 heterocycles. The average Bonchev–Trinajstić information content (AvgIpc) is 3.02. The Kier molecular flexibility index (Phi) is 3.87. The van der Waals surface area contributed by atoms with E-state index < -0.39 is 5.60 Å². The minimum Gasteiger partial charge on any atom is -0.390 e. The van der Waals surface area contributed by atoms with Gasteiger partial charge in [-0.05, 0) is 60.6 Å². The molecule has 1 aliphatic rings. The van der Waals surface area contributed by atoms with Crippen molar-refractivity contribution in [1.29, 1.82) is 0 Å². The van der Waals surface area contributed by atoms with Crippen molar-refractivity contribution in [3.05, 3.63) is 23.8 Å². The van der Waals surface area contributed by atoms with Crippen molar-refractivity contribution in [3.8, 4) is 0 Å². The lowest BCUT2D eigenvalue weighted by Crippen LogP contribution is -2.44. The summed E-state index contributed by atoms with van der Waals surface area (Å²) in [6.45, 7) is 2.01. The average molecular weight is 303 g/mol. The van der Waals surface area contributed by atoms with Crippen LogP contribution >= 0.6 is 0 Å². The largest absolute Gasteiger partial charge is 0.390 e. The van der Waals surface area contributed by atoms with Gasteiger partial charge in [-0.25, -0.2) is 4.63 Å². The Morgan fingerprint density at radius 1 is 1.36 bits per heavy atom. The first-order valence-corrected chi connectivity index (χ1v) is 7.74. The zero-order valence-corrected chi connectivity index (χ0v) is 13.0. The first-order chi connectivity index (χ1) is 10.5. The third kappa shape index (κ3) is 2.70. The summed E-state index contributed by atoms with van der Waals surface area (Å²) >= 11 is 0. The van der Waals surface area contributed by atoms with E-state index in [2.05, 4.69) is 14.9 Å². The molecule has 6 heteroatoms. The Labute approximate surface area is 129 Å². The SMILES string of the molecule is CC[C@]1(O)CC[C@H](N(C)C(=O)c2ccc3nonc3c2)CC1. The van der Waals surface area contributed by atoms with Crippen LogP contribution in [0, 0.1) is 0 Å². The van der Waals surface area contributed by atoms with Crippen molar-refractivity contribution in [2.24, 2.45) is 0 Å². The van der Waals surface area contributed by atoms with Crippen LogP contribution in [0.15, 0.2) is 22.8 Å². The molecule has 22 heavy (non-hydrogen) atoms. The van der Waals surface area contributed by atoms with Crippen molar-refractivity contribution < 1.29 is 14.5 Å². The van der Waals surface area contributed by atoms with Crippen LogP contribution in [0.1, 0.15) is 49.4 Å². The molecule has 1 saturated carbocycles. The number of rotatable bonds is 3. The van der Waals surface area contributed by atoms with Gasteiger partial charge in [-0.1, -0.05) is 6.92 Å². The Morgan fingerprint density at radius 2 is 2.05 bits per heavy atom. The van der Waals surface area contributed by atoms with E-state index in [1.54, 1.807) is 23.1 Å². The van der Waals surface area contributed by atoms with Crippen LogP contribution in [0.4, 0.5) is 0 Å². The van der Waals surface area contributed by atoms with Crippen LogP contribution in [0.25, 0.3) is 11.0 Å². The summed E-state index contributed by atoms with van der Waals surface area (Å²) in [5.74, 6) is -0.0307. The smallest absolute Gasteiger partial charge is 0.253 e. The Balaban J connectivity index is 1.71. The number of hydrogen-bond acceptors (Lipinski definition) is 5. The molecule has 0 unspecified atom stereocenters. The van der Waals surface area contributed by atoms with E-state index in [1.807, 2.05) is 14.0 Å². The van der Waals surface area contributed by atoms with Crippen molar-refractivity contribution in [3.63, 3.8) is 0 Å². The molecule has 1 amide bonds.